The van der Waals surface area contributed by atoms with E-state index in [1.165, 1.54) is 0 Å². The van der Waals surface area contributed by atoms with E-state index in [1.54, 1.807) is 11.8 Å². The Morgan fingerprint density at radius 3 is 2.33 bits per heavy atom. The highest BCUT2D eigenvalue weighted by Crippen LogP contribution is 2.62. The number of aromatic nitrogens is 3. The first-order valence-corrected chi connectivity index (χ1v) is 19.4. The second-order valence-corrected chi connectivity index (χ2v) is 15.5. The summed E-state index contributed by atoms with van der Waals surface area (Å²) in [5.74, 6) is 1.54. The number of fused-ring (bicyclic) bond motifs is 14. The zero-order chi connectivity index (χ0) is 37.8. The molecular formula is C49H26N6OS. The van der Waals surface area contributed by atoms with Crippen molar-refractivity contribution in [2.45, 2.75) is 15.2 Å². The first-order valence-electron chi connectivity index (χ1n) is 18.6. The van der Waals surface area contributed by atoms with E-state index in [4.69, 9.17) is 21.3 Å². The molecule has 0 amide bonds. The number of rotatable bonds is 2. The van der Waals surface area contributed by atoms with Crippen LogP contribution < -0.4 is 9.64 Å². The highest BCUT2D eigenvalue weighted by Gasteiger charge is 2.53. The van der Waals surface area contributed by atoms with Gasteiger partial charge < -0.3 is 14.2 Å². The minimum Gasteiger partial charge on any atom is -0.457 e. The van der Waals surface area contributed by atoms with Crippen molar-refractivity contribution in [1.29, 1.82) is 5.26 Å². The van der Waals surface area contributed by atoms with E-state index in [9.17, 15) is 5.26 Å². The number of nitrogens with zero attached hydrogens (tertiary/aromatic N) is 6. The van der Waals surface area contributed by atoms with Crippen molar-refractivity contribution in [1.82, 2.24) is 14.5 Å². The van der Waals surface area contributed by atoms with Gasteiger partial charge >= 0.3 is 0 Å². The maximum atomic E-state index is 9.80. The number of para-hydroxylation sites is 3. The van der Waals surface area contributed by atoms with Crippen LogP contribution in [0.2, 0.25) is 0 Å². The average Bonchev–Trinajstić information content (AvgIpc) is 3.75. The van der Waals surface area contributed by atoms with Crippen molar-refractivity contribution in [2.75, 3.05) is 4.90 Å². The topological polar surface area (TPSA) is 71.3 Å². The van der Waals surface area contributed by atoms with E-state index in [1.807, 2.05) is 73.1 Å². The van der Waals surface area contributed by atoms with Gasteiger partial charge in [-0.2, -0.15) is 5.26 Å². The molecule has 0 radical (unpaired) electrons. The molecular weight excluding hydrogens is 721 g/mol. The van der Waals surface area contributed by atoms with E-state index in [0.717, 1.165) is 99.5 Å². The maximum Gasteiger partial charge on any atom is 0.188 e. The fourth-order valence-corrected chi connectivity index (χ4v) is 10.4. The highest BCUT2D eigenvalue weighted by atomic mass is 32.2. The monoisotopic (exact) mass is 746 g/mol. The fourth-order valence-electron chi connectivity index (χ4n) is 9.25. The van der Waals surface area contributed by atoms with Gasteiger partial charge in [0, 0.05) is 43.8 Å². The largest absolute Gasteiger partial charge is 0.457 e. The lowest BCUT2D eigenvalue weighted by atomic mass is 9.66. The fraction of sp³-hybridized carbons (Fsp3) is 0.0204. The minimum absolute atomic E-state index is 0.604. The molecule has 12 rings (SSSR count). The third-order valence-corrected chi connectivity index (χ3v) is 12.7. The molecule has 57 heavy (non-hydrogen) atoms. The van der Waals surface area contributed by atoms with Crippen molar-refractivity contribution in [3.63, 3.8) is 0 Å². The summed E-state index contributed by atoms with van der Waals surface area (Å²) < 4.78 is 9.07. The van der Waals surface area contributed by atoms with Gasteiger partial charge in [0.05, 0.1) is 69.3 Å². The van der Waals surface area contributed by atoms with Crippen LogP contribution in [0.5, 0.6) is 11.5 Å². The summed E-state index contributed by atoms with van der Waals surface area (Å²) in [5.41, 5.74) is 12.1. The molecule has 1 aliphatic carbocycles. The summed E-state index contributed by atoms with van der Waals surface area (Å²) >= 11 is 1.68. The Balaban J connectivity index is 1.16. The lowest BCUT2D eigenvalue weighted by molar-refractivity contribution is 0.436. The molecule has 1 spiro atoms. The van der Waals surface area contributed by atoms with Crippen molar-refractivity contribution in [2.24, 2.45) is 0 Å². The molecule has 0 fully saturated rings. The Kier molecular flexibility index (Phi) is 6.49. The summed E-state index contributed by atoms with van der Waals surface area (Å²) in [6.45, 7) is 7.72. The molecule has 5 heterocycles. The number of ether oxygens (including phenoxy) is 1. The molecule has 9 aromatic rings. The van der Waals surface area contributed by atoms with Crippen molar-refractivity contribution in [3.8, 4) is 34.6 Å². The smallest absolute Gasteiger partial charge is 0.188 e. The minimum atomic E-state index is -0.838. The van der Waals surface area contributed by atoms with E-state index >= 15 is 0 Å². The van der Waals surface area contributed by atoms with Gasteiger partial charge in [0.25, 0.3) is 0 Å². The first kappa shape index (κ1) is 31.7. The van der Waals surface area contributed by atoms with Crippen LogP contribution >= 0.6 is 11.8 Å². The van der Waals surface area contributed by atoms with Gasteiger partial charge in [0.15, 0.2) is 5.69 Å². The van der Waals surface area contributed by atoms with Crippen molar-refractivity contribution in [3.05, 3.63) is 197 Å². The first-order chi connectivity index (χ1) is 28.1. The number of nitriles is 1. The molecule has 0 bridgehead atoms. The predicted octanol–water partition coefficient (Wildman–Crippen LogP) is 12.4. The van der Waals surface area contributed by atoms with Gasteiger partial charge in [-0.05, 0) is 95.9 Å². The van der Waals surface area contributed by atoms with Crippen LogP contribution in [-0.4, -0.2) is 14.5 Å². The highest BCUT2D eigenvalue weighted by molar-refractivity contribution is 7.99. The summed E-state index contributed by atoms with van der Waals surface area (Å²) in [4.78, 5) is 18.5. The van der Waals surface area contributed by atoms with Crippen LogP contribution in [0, 0.1) is 17.9 Å². The van der Waals surface area contributed by atoms with Crippen molar-refractivity contribution < 1.29 is 4.74 Å². The molecule has 7 nitrogen and oxygen atoms in total. The van der Waals surface area contributed by atoms with Crippen LogP contribution in [0.1, 0.15) is 27.8 Å². The number of anilines is 3. The molecule has 264 valence electrons. The maximum absolute atomic E-state index is 9.80. The summed E-state index contributed by atoms with van der Waals surface area (Å²) in [5, 5.41) is 11.9. The summed E-state index contributed by atoms with van der Waals surface area (Å²) in [7, 11) is 0. The lowest BCUT2D eigenvalue weighted by Gasteiger charge is -2.40. The van der Waals surface area contributed by atoms with Gasteiger partial charge in [-0.1, -0.05) is 72.4 Å². The van der Waals surface area contributed by atoms with E-state index in [2.05, 4.69) is 105 Å². The SMILES string of the molecule is [C-]#[N+]c1ccc2c(c1)c1ccccc1n2-c1cnc2c(c1)C1(c3ccccc3Oc3ccc(N4c5ccccc5Sc5cc(C#N)ccc54)cc31)c1cccnc1-2. The van der Waals surface area contributed by atoms with E-state index in [0.29, 0.717) is 11.3 Å². The Morgan fingerprint density at radius 1 is 0.632 bits per heavy atom. The van der Waals surface area contributed by atoms with Crippen molar-refractivity contribution >= 4 is 56.3 Å². The van der Waals surface area contributed by atoms with Gasteiger partial charge in [-0.15, -0.1) is 0 Å². The Bertz CT molecular complexity index is 3320. The summed E-state index contributed by atoms with van der Waals surface area (Å²) in [6.07, 6.45) is 3.79. The third kappa shape index (κ3) is 4.25. The Morgan fingerprint density at radius 2 is 1.40 bits per heavy atom. The lowest BCUT2D eigenvalue weighted by Crippen LogP contribution is -2.32. The molecule has 3 aliphatic rings. The van der Waals surface area contributed by atoms with Crippen LogP contribution in [0.3, 0.4) is 0 Å². The van der Waals surface area contributed by atoms with Gasteiger partial charge in [0.2, 0.25) is 0 Å². The molecule has 2 aliphatic heterocycles. The summed E-state index contributed by atoms with van der Waals surface area (Å²) in [6, 6.07) is 52.1. The van der Waals surface area contributed by atoms with Crippen LogP contribution in [0.15, 0.2) is 168 Å². The molecule has 8 heteroatoms. The Labute approximate surface area is 331 Å². The normalized spacial score (nSPS) is 15.4. The standard InChI is InChI=1S/C49H26N6OS/c1-51-30-17-20-40-34(24-30)33-9-2-4-12-39(33)55(40)32-26-38-48(53-28-32)47-36(11-8-22-52-47)49(38)35-10-3-6-14-43(35)56-44-21-18-31(25-37(44)49)54-41-13-5-7-15-45(41)57-46-23-29(27-50)16-19-42(46)54/h2-26,28H. The zero-order valence-corrected chi connectivity index (χ0v) is 30.8. The molecule has 0 N–H and O–H groups in total. The van der Waals surface area contributed by atoms with Gasteiger partial charge in [-0.25, -0.2) is 4.85 Å². The molecule has 0 saturated carbocycles. The van der Waals surface area contributed by atoms with Crippen LogP contribution in [0.25, 0.3) is 43.7 Å². The van der Waals surface area contributed by atoms with Gasteiger partial charge in [0.1, 0.15) is 11.5 Å². The van der Waals surface area contributed by atoms with E-state index in [-0.39, 0.29) is 0 Å². The molecule has 6 aromatic carbocycles. The zero-order valence-electron chi connectivity index (χ0n) is 30.0. The number of benzene rings is 6. The average molecular weight is 747 g/mol. The quantitative estimate of drug-likeness (QED) is 0.164. The second-order valence-electron chi connectivity index (χ2n) is 14.4. The molecule has 1 atom stereocenters. The molecule has 0 saturated heterocycles. The second kappa shape index (κ2) is 11.7. The van der Waals surface area contributed by atoms with Crippen LogP contribution in [0.4, 0.5) is 22.7 Å². The molecule has 3 aromatic heterocycles. The van der Waals surface area contributed by atoms with Gasteiger partial charge in [-0.3, -0.25) is 9.97 Å². The van der Waals surface area contributed by atoms with E-state index < -0.39 is 5.41 Å². The predicted molar refractivity (Wildman–Crippen MR) is 224 cm³/mol. The number of hydrogen-bond acceptors (Lipinski definition) is 6. The number of hydrogen-bond donors (Lipinski definition) is 0. The molecule has 1 unspecified atom stereocenters. The number of pyridine rings is 2. The Hall–Kier alpha value is -7.65. The van der Waals surface area contributed by atoms with Crippen LogP contribution in [-0.2, 0) is 5.41 Å². The third-order valence-electron chi connectivity index (χ3n) is 11.5.